The van der Waals surface area contributed by atoms with Crippen LogP contribution in [0.25, 0.3) is 34.1 Å². The standard InChI is InChI=1S/C31H34N2O3/c1-5-32(6-2)25-13-11-21-15-27(35-29(21)19-25)17-23-9-10-24(31(23)34)18-28-16-22-12-14-26(20-30(22)36-28)33(7-3)8-4/h11-20H,5-10H2,1-4H3. The number of allylic oxidation sites excluding steroid dienone is 2. The third-order valence-electron chi connectivity index (χ3n) is 7.18. The minimum absolute atomic E-state index is 0.0728. The molecule has 5 nitrogen and oxygen atoms in total. The molecule has 5 rings (SSSR count). The summed E-state index contributed by atoms with van der Waals surface area (Å²) in [5.41, 5.74) is 5.56. The van der Waals surface area contributed by atoms with Crippen molar-refractivity contribution >= 4 is 51.2 Å². The van der Waals surface area contributed by atoms with Crippen molar-refractivity contribution in [2.45, 2.75) is 40.5 Å². The van der Waals surface area contributed by atoms with Gasteiger partial charge in [0.25, 0.3) is 0 Å². The summed E-state index contributed by atoms with van der Waals surface area (Å²) in [6.07, 6.45) is 5.21. The van der Waals surface area contributed by atoms with E-state index in [0.717, 1.165) is 82.2 Å². The summed E-state index contributed by atoms with van der Waals surface area (Å²) in [5.74, 6) is 1.52. The molecule has 5 heteroatoms. The first-order chi connectivity index (χ1) is 17.5. The number of hydrogen-bond donors (Lipinski definition) is 0. The first-order valence-corrected chi connectivity index (χ1v) is 13.1. The van der Waals surface area contributed by atoms with Crippen LogP contribution in [0.2, 0.25) is 0 Å². The number of benzene rings is 2. The molecule has 0 saturated heterocycles. The number of furan rings is 2. The number of fused-ring (bicyclic) bond motifs is 2. The van der Waals surface area contributed by atoms with Crippen molar-refractivity contribution in [3.63, 3.8) is 0 Å². The number of carbonyl (C=O) groups excluding carboxylic acids is 1. The van der Waals surface area contributed by atoms with Crippen LogP contribution in [0.5, 0.6) is 0 Å². The largest absolute Gasteiger partial charge is 0.457 e. The maximum absolute atomic E-state index is 13.2. The van der Waals surface area contributed by atoms with Crippen molar-refractivity contribution in [1.29, 1.82) is 0 Å². The van der Waals surface area contributed by atoms with Gasteiger partial charge in [0.1, 0.15) is 22.7 Å². The Morgan fingerprint density at radius 2 is 1.08 bits per heavy atom. The van der Waals surface area contributed by atoms with E-state index >= 15 is 0 Å². The molecular weight excluding hydrogens is 448 g/mol. The van der Waals surface area contributed by atoms with Crippen molar-refractivity contribution in [3.05, 3.63) is 71.2 Å². The zero-order chi connectivity index (χ0) is 25.2. The van der Waals surface area contributed by atoms with Gasteiger partial charge in [0.2, 0.25) is 0 Å². The third-order valence-corrected chi connectivity index (χ3v) is 7.18. The van der Waals surface area contributed by atoms with Crippen molar-refractivity contribution in [2.75, 3.05) is 36.0 Å². The number of ketones is 1. The van der Waals surface area contributed by atoms with E-state index in [0.29, 0.717) is 12.8 Å². The molecule has 186 valence electrons. The monoisotopic (exact) mass is 482 g/mol. The van der Waals surface area contributed by atoms with Gasteiger partial charge >= 0.3 is 0 Å². The van der Waals surface area contributed by atoms with Crippen LogP contribution >= 0.6 is 0 Å². The zero-order valence-electron chi connectivity index (χ0n) is 21.6. The molecule has 0 radical (unpaired) electrons. The van der Waals surface area contributed by atoms with E-state index in [4.69, 9.17) is 8.83 Å². The molecule has 1 fully saturated rings. The summed E-state index contributed by atoms with van der Waals surface area (Å²) >= 11 is 0. The summed E-state index contributed by atoms with van der Waals surface area (Å²) in [5, 5.41) is 2.09. The quantitative estimate of drug-likeness (QED) is 0.241. The summed E-state index contributed by atoms with van der Waals surface area (Å²) in [4.78, 5) is 17.7. The highest BCUT2D eigenvalue weighted by atomic mass is 16.3. The molecule has 0 N–H and O–H groups in total. The highest BCUT2D eigenvalue weighted by Crippen LogP contribution is 2.33. The van der Waals surface area contributed by atoms with Crippen LogP contribution in [-0.2, 0) is 4.79 Å². The second-order valence-electron chi connectivity index (χ2n) is 9.25. The van der Waals surface area contributed by atoms with Gasteiger partial charge in [-0.1, -0.05) is 0 Å². The highest BCUT2D eigenvalue weighted by Gasteiger charge is 2.24. The maximum atomic E-state index is 13.2. The van der Waals surface area contributed by atoms with Crippen molar-refractivity contribution in [2.24, 2.45) is 0 Å². The molecule has 4 aromatic rings. The Morgan fingerprint density at radius 1 is 0.667 bits per heavy atom. The van der Waals surface area contributed by atoms with E-state index in [-0.39, 0.29) is 5.78 Å². The second-order valence-corrected chi connectivity index (χ2v) is 9.25. The lowest BCUT2D eigenvalue weighted by Crippen LogP contribution is -2.21. The van der Waals surface area contributed by atoms with E-state index in [2.05, 4.69) is 73.9 Å². The predicted octanol–water partition coefficient (Wildman–Crippen LogP) is 7.70. The van der Waals surface area contributed by atoms with Crippen molar-refractivity contribution < 1.29 is 13.6 Å². The average molecular weight is 483 g/mol. The molecule has 0 unspecified atom stereocenters. The number of hydrogen-bond acceptors (Lipinski definition) is 5. The van der Waals surface area contributed by atoms with Gasteiger partial charge in [0.05, 0.1) is 0 Å². The number of Topliss-reactive ketones (excluding diaryl/α,β-unsaturated/α-hetero) is 1. The minimum Gasteiger partial charge on any atom is -0.457 e. The van der Waals surface area contributed by atoms with Gasteiger partial charge in [-0.25, -0.2) is 0 Å². The van der Waals surface area contributed by atoms with Gasteiger partial charge < -0.3 is 18.6 Å². The lowest BCUT2D eigenvalue weighted by molar-refractivity contribution is -0.111. The first-order valence-electron chi connectivity index (χ1n) is 13.1. The van der Waals surface area contributed by atoms with E-state index in [1.807, 2.05) is 24.3 Å². The van der Waals surface area contributed by atoms with Crippen LogP contribution in [0.3, 0.4) is 0 Å². The van der Waals surface area contributed by atoms with E-state index in [9.17, 15) is 4.79 Å². The molecule has 2 aromatic heterocycles. The molecule has 2 heterocycles. The Labute approximate surface area is 212 Å². The van der Waals surface area contributed by atoms with Gasteiger partial charge in [-0.3, -0.25) is 4.79 Å². The molecule has 0 bridgehead atoms. The summed E-state index contributed by atoms with van der Waals surface area (Å²) < 4.78 is 12.2. The van der Waals surface area contributed by atoms with Gasteiger partial charge in [-0.15, -0.1) is 0 Å². The van der Waals surface area contributed by atoms with Crippen LogP contribution in [0, 0.1) is 0 Å². The SMILES string of the molecule is CCN(CC)c1ccc2cc(C=C3CCC(=Cc4cc5ccc(N(CC)CC)cc5o4)C3=O)oc2c1. The molecule has 1 aliphatic carbocycles. The van der Waals surface area contributed by atoms with Crippen LogP contribution in [0.1, 0.15) is 52.1 Å². The average Bonchev–Trinajstić information content (AvgIpc) is 3.58. The molecule has 36 heavy (non-hydrogen) atoms. The number of nitrogens with zero attached hydrogens (tertiary/aromatic N) is 2. The second kappa shape index (κ2) is 10.1. The van der Waals surface area contributed by atoms with Crippen LogP contribution in [0.4, 0.5) is 11.4 Å². The molecule has 1 aliphatic rings. The number of carbonyl (C=O) groups is 1. The van der Waals surface area contributed by atoms with Crippen molar-refractivity contribution in [1.82, 2.24) is 0 Å². The Kier molecular flexibility index (Phi) is 6.73. The van der Waals surface area contributed by atoms with Gasteiger partial charge in [0.15, 0.2) is 5.78 Å². The fourth-order valence-corrected chi connectivity index (χ4v) is 5.12. The number of anilines is 2. The fourth-order valence-electron chi connectivity index (χ4n) is 5.12. The molecule has 0 atom stereocenters. The minimum atomic E-state index is 0.0728. The lowest BCUT2D eigenvalue weighted by Gasteiger charge is -2.20. The Bertz CT molecular complexity index is 1350. The molecule has 0 amide bonds. The predicted molar refractivity (Wildman–Crippen MR) is 150 cm³/mol. The fraction of sp³-hybridized carbons (Fsp3) is 0.323. The zero-order valence-corrected chi connectivity index (χ0v) is 21.6. The van der Waals surface area contributed by atoms with E-state index < -0.39 is 0 Å². The Balaban J connectivity index is 1.37. The van der Waals surface area contributed by atoms with Crippen LogP contribution in [-0.4, -0.2) is 32.0 Å². The van der Waals surface area contributed by atoms with Crippen molar-refractivity contribution in [3.8, 4) is 0 Å². The Hall–Kier alpha value is -3.73. The molecule has 1 saturated carbocycles. The summed E-state index contributed by atoms with van der Waals surface area (Å²) in [6.45, 7) is 12.4. The highest BCUT2D eigenvalue weighted by molar-refractivity contribution is 6.15. The van der Waals surface area contributed by atoms with E-state index in [1.54, 1.807) is 0 Å². The normalized spacial score (nSPS) is 16.2. The van der Waals surface area contributed by atoms with E-state index in [1.165, 1.54) is 0 Å². The smallest absolute Gasteiger partial charge is 0.185 e. The summed E-state index contributed by atoms with van der Waals surface area (Å²) in [6, 6.07) is 16.6. The van der Waals surface area contributed by atoms with Gasteiger partial charge in [-0.05, 0) is 89.1 Å². The first kappa shape index (κ1) is 24.0. The molecule has 0 spiro atoms. The number of rotatable bonds is 8. The molecular formula is C31H34N2O3. The molecule has 0 aliphatic heterocycles. The lowest BCUT2D eigenvalue weighted by atomic mass is 10.1. The summed E-state index contributed by atoms with van der Waals surface area (Å²) in [7, 11) is 0. The van der Waals surface area contributed by atoms with Crippen LogP contribution < -0.4 is 9.80 Å². The van der Waals surface area contributed by atoms with Gasteiger partial charge in [-0.2, -0.15) is 0 Å². The molecule has 2 aromatic carbocycles. The van der Waals surface area contributed by atoms with Crippen LogP contribution in [0.15, 0.2) is 68.5 Å². The topological polar surface area (TPSA) is 49.8 Å². The third kappa shape index (κ3) is 4.58. The van der Waals surface area contributed by atoms with Gasteiger partial charge in [0, 0.05) is 71.6 Å². The Morgan fingerprint density at radius 3 is 1.47 bits per heavy atom. The maximum Gasteiger partial charge on any atom is 0.185 e.